The van der Waals surface area contributed by atoms with Crippen molar-refractivity contribution >= 4 is 20.2 Å². The van der Waals surface area contributed by atoms with E-state index in [1.54, 1.807) is 7.11 Å². The maximum Gasteiger partial charge on any atom is 0.274 e. The first-order chi connectivity index (χ1) is 19.7. The summed E-state index contributed by atoms with van der Waals surface area (Å²) in [5.74, 6) is 2.77. The topological polar surface area (TPSA) is 27.7 Å². The van der Waals surface area contributed by atoms with E-state index in [0.29, 0.717) is 6.61 Å². The summed E-state index contributed by atoms with van der Waals surface area (Å²) in [5.41, 5.74) is 10.1. The number of fused-ring (bicyclic) bond motifs is 1. The van der Waals surface area contributed by atoms with Gasteiger partial charge in [-0.05, 0) is 107 Å². The summed E-state index contributed by atoms with van der Waals surface area (Å²) >= 11 is 0. The van der Waals surface area contributed by atoms with Gasteiger partial charge in [0.2, 0.25) is 0 Å². The highest BCUT2D eigenvalue weighted by molar-refractivity contribution is 6.49. The second-order valence-electron chi connectivity index (χ2n) is 12.0. The van der Waals surface area contributed by atoms with Gasteiger partial charge in [0.05, 0.1) is 7.11 Å². The van der Waals surface area contributed by atoms with Crippen LogP contribution in [0, 0.1) is 0 Å². The number of rotatable bonds is 8. The number of allylic oxidation sites excluding steroid dienone is 1. The van der Waals surface area contributed by atoms with E-state index in [1.807, 2.05) is 6.07 Å². The molecule has 0 bridgehead atoms. The van der Waals surface area contributed by atoms with Gasteiger partial charge in [-0.2, -0.15) is 0 Å². The first kappa shape index (κ1) is 28.8. The van der Waals surface area contributed by atoms with Crippen molar-refractivity contribution in [1.29, 1.82) is 0 Å². The lowest BCUT2D eigenvalue weighted by atomic mass is 9.83. The largest absolute Gasteiger partial charge is 0.542 e. The molecular weight excluding hydrogens is 520 g/mol. The Morgan fingerprint density at radius 2 is 1.46 bits per heavy atom. The number of aryl methyl sites for hydroxylation is 1. The normalized spacial score (nSPS) is 13.5. The van der Waals surface area contributed by atoms with Crippen LogP contribution in [0.15, 0.2) is 91.0 Å². The Bertz CT molecular complexity index is 1510. The summed E-state index contributed by atoms with van der Waals surface area (Å²) in [7, 11) is 0.758. The molecule has 4 aromatic rings. The van der Waals surface area contributed by atoms with E-state index in [-0.39, 0.29) is 5.41 Å². The van der Waals surface area contributed by atoms with E-state index < -0.39 is 9.04 Å². The number of benzene rings is 4. The summed E-state index contributed by atoms with van der Waals surface area (Å²) in [5, 5.41) is 0. The second kappa shape index (κ2) is 12.4. The Kier molecular flexibility index (Phi) is 8.70. The van der Waals surface area contributed by atoms with Crippen molar-refractivity contribution in [2.45, 2.75) is 65.1 Å². The molecule has 0 fully saturated rings. The number of ether oxygens (including phenoxy) is 2. The molecule has 0 heterocycles. The third-order valence-electron chi connectivity index (χ3n) is 7.63. The molecule has 4 aromatic carbocycles. The fourth-order valence-electron chi connectivity index (χ4n) is 5.49. The molecule has 5 rings (SSSR count). The van der Waals surface area contributed by atoms with Crippen LogP contribution in [-0.2, 0) is 18.4 Å². The Labute approximate surface area is 247 Å². The Morgan fingerprint density at radius 3 is 2.15 bits per heavy atom. The highest BCUT2D eigenvalue weighted by Crippen LogP contribution is 2.44. The van der Waals surface area contributed by atoms with Crippen molar-refractivity contribution in [2.24, 2.45) is 0 Å². The Balaban J connectivity index is 1.65. The maximum atomic E-state index is 6.60. The van der Waals surface area contributed by atoms with Crippen molar-refractivity contribution in [2.75, 3.05) is 7.11 Å². The zero-order chi connectivity index (χ0) is 29.0. The predicted molar refractivity (Wildman–Crippen MR) is 172 cm³/mol. The van der Waals surface area contributed by atoms with Crippen molar-refractivity contribution in [3.05, 3.63) is 124 Å². The zero-order valence-electron chi connectivity index (χ0n) is 25.2. The minimum Gasteiger partial charge on any atom is -0.542 e. The minimum absolute atomic E-state index is 0.0461. The first-order valence-electron chi connectivity index (χ1n) is 14.5. The van der Waals surface area contributed by atoms with Gasteiger partial charge in [0.25, 0.3) is 9.04 Å². The van der Waals surface area contributed by atoms with Crippen LogP contribution in [0.3, 0.4) is 0 Å². The van der Waals surface area contributed by atoms with Gasteiger partial charge in [-0.1, -0.05) is 81.4 Å². The molecule has 0 spiro atoms. The van der Waals surface area contributed by atoms with Crippen molar-refractivity contribution in [3.63, 3.8) is 0 Å². The molecule has 0 atom stereocenters. The fourth-order valence-corrected chi connectivity index (χ4v) is 6.10. The van der Waals surface area contributed by atoms with E-state index >= 15 is 0 Å². The molecule has 0 aromatic heterocycles. The molecule has 4 heteroatoms. The predicted octanol–water partition coefficient (Wildman–Crippen LogP) is 9.50. The van der Waals surface area contributed by atoms with Crippen molar-refractivity contribution < 1.29 is 13.9 Å². The van der Waals surface area contributed by atoms with Crippen LogP contribution in [0.5, 0.6) is 17.2 Å². The summed E-state index contributed by atoms with van der Waals surface area (Å²) in [6.07, 6.45) is 3.02. The zero-order valence-corrected chi connectivity index (χ0v) is 26.2. The fraction of sp³-hybridized carbons (Fsp3) is 0.297. The summed E-state index contributed by atoms with van der Waals surface area (Å²) < 4.78 is 18.3. The lowest BCUT2D eigenvalue weighted by Crippen LogP contribution is -2.16. The van der Waals surface area contributed by atoms with Gasteiger partial charge < -0.3 is 13.9 Å². The van der Waals surface area contributed by atoms with Gasteiger partial charge in [-0.3, -0.25) is 0 Å². The molecular formula is C37H41O3Si. The molecule has 0 saturated carbocycles. The van der Waals surface area contributed by atoms with Gasteiger partial charge in [0.15, 0.2) is 0 Å². The molecule has 1 aliphatic rings. The van der Waals surface area contributed by atoms with Gasteiger partial charge in [-0.15, -0.1) is 0 Å². The van der Waals surface area contributed by atoms with Gasteiger partial charge in [0, 0.05) is 5.56 Å². The number of hydrogen-bond acceptors (Lipinski definition) is 3. The molecule has 41 heavy (non-hydrogen) atoms. The van der Waals surface area contributed by atoms with E-state index in [4.69, 9.17) is 13.9 Å². The monoisotopic (exact) mass is 561 g/mol. The number of hydrogen-bond donors (Lipinski definition) is 0. The number of methoxy groups -OCH3 is 1. The average molecular weight is 562 g/mol. The maximum absolute atomic E-state index is 6.60. The smallest absolute Gasteiger partial charge is 0.274 e. The minimum atomic E-state index is -0.957. The Hall–Kier alpha value is -3.76. The van der Waals surface area contributed by atoms with Crippen LogP contribution >= 0.6 is 0 Å². The van der Waals surface area contributed by atoms with Crippen molar-refractivity contribution in [1.82, 2.24) is 0 Å². The average Bonchev–Trinajstić information content (AvgIpc) is 3.15. The molecule has 0 amide bonds. The van der Waals surface area contributed by atoms with E-state index in [2.05, 4.69) is 119 Å². The van der Waals surface area contributed by atoms with E-state index in [1.165, 1.54) is 44.5 Å². The van der Waals surface area contributed by atoms with Crippen LogP contribution in [0.2, 0.25) is 13.1 Å². The third-order valence-corrected chi connectivity index (χ3v) is 8.26. The second-order valence-corrected chi connectivity index (χ2v) is 14.0. The quantitative estimate of drug-likeness (QED) is 0.201. The molecule has 1 radical (unpaired) electrons. The van der Waals surface area contributed by atoms with Crippen LogP contribution in [0.4, 0.5) is 0 Å². The van der Waals surface area contributed by atoms with E-state index in [9.17, 15) is 0 Å². The third kappa shape index (κ3) is 6.77. The lowest BCUT2D eigenvalue weighted by molar-refractivity contribution is 0.306. The molecule has 3 nitrogen and oxygen atoms in total. The molecule has 1 aliphatic carbocycles. The van der Waals surface area contributed by atoms with Gasteiger partial charge in [-0.25, -0.2) is 0 Å². The molecule has 0 N–H and O–H groups in total. The summed E-state index contributed by atoms with van der Waals surface area (Å²) in [4.78, 5) is 0. The van der Waals surface area contributed by atoms with Crippen LogP contribution < -0.4 is 13.9 Å². The highest BCUT2D eigenvalue weighted by atomic mass is 28.3. The van der Waals surface area contributed by atoms with Gasteiger partial charge >= 0.3 is 0 Å². The van der Waals surface area contributed by atoms with Crippen LogP contribution in [0.25, 0.3) is 11.1 Å². The van der Waals surface area contributed by atoms with Crippen LogP contribution in [-0.4, -0.2) is 16.2 Å². The SMILES string of the molecule is COc1ccc(C2=C(c3ccc(C(C)(C)C)cc3O[Si](C)C)CCCc3cc(OCc4ccccc4)ccc32)cc1. The van der Waals surface area contributed by atoms with Crippen LogP contribution in [0.1, 0.15) is 67.0 Å². The van der Waals surface area contributed by atoms with Gasteiger partial charge in [0.1, 0.15) is 23.9 Å². The molecule has 211 valence electrons. The standard InChI is InChI=1S/C37H41O3Si/c1-37(2,3)29-17-21-33(35(24-29)40-41(5)6)34-14-10-13-28-23-31(39-25-26-11-8-7-9-12-26)20-22-32(28)36(34)27-15-18-30(38-4)19-16-27/h7-9,11-12,15-24H,10,13-14,25H2,1-6H3. The molecule has 0 aliphatic heterocycles. The summed E-state index contributed by atoms with van der Waals surface area (Å²) in [6.45, 7) is 11.8. The lowest BCUT2D eigenvalue weighted by Gasteiger charge is -2.24. The summed E-state index contributed by atoms with van der Waals surface area (Å²) in [6, 6.07) is 32.3. The van der Waals surface area contributed by atoms with E-state index in [0.717, 1.165) is 36.5 Å². The highest BCUT2D eigenvalue weighted by Gasteiger charge is 2.25. The first-order valence-corrected chi connectivity index (χ1v) is 16.9. The van der Waals surface area contributed by atoms with Crippen molar-refractivity contribution in [3.8, 4) is 17.2 Å². The Morgan fingerprint density at radius 1 is 0.756 bits per heavy atom. The molecule has 0 saturated heterocycles. The molecule has 0 unspecified atom stereocenters.